The van der Waals surface area contributed by atoms with Gasteiger partial charge in [-0.2, -0.15) is 0 Å². The van der Waals surface area contributed by atoms with Crippen LogP contribution in [0.4, 0.5) is 5.69 Å². The van der Waals surface area contributed by atoms with E-state index in [1.54, 1.807) is 36.4 Å². The lowest BCUT2D eigenvalue weighted by Gasteiger charge is -2.35. The van der Waals surface area contributed by atoms with Crippen LogP contribution >= 0.6 is 0 Å². The highest BCUT2D eigenvalue weighted by Crippen LogP contribution is 2.37. The van der Waals surface area contributed by atoms with E-state index in [0.29, 0.717) is 18.0 Å². The molecule has 35 heavy (non-hydrogen) atoms. The third kappa shape index (κ3) is 4.59. The molecule has 4 aromatic rings. The highest BCUT2D eigenvalue weighted by atomic mass is 32.2. The minimum atomic E-state index is -3.89. The topological polar surface area (TPSA) is 75.7 Å². The first-order valence-electron chi connectivity index (χ1n) is 11.4. The summed E-state index contributed by atoms with van der Waals surface area (Å²) in [6, 6.07) is 26.1. The first kappa shape index (κ1) is 22.9. The van der Waals surface area contributed by atoms with Gasteiger partial charge in [0.1, 0.15) is 5.75 Å². The molecule has 1 heterocycles. The Hall–Kier alpha value is -3.84. The molecule has 1 aliphatic rings. The van der Waals surface area contributed by atoms with E-state index in [0.717, 1.165) is 27.5 Å². The van der Waals surface area contributed by atoms with E-state index in [-0.39, 0.29) is 17.3 Å². The van der Waals surface area contributed by atoms with Crippen LogP contribution in [0, 0.1) is 13.8 Å². The predicted octanol–water partition coefficient (Wildman–Crippen LogP) is 4.73. The molecular formula is C28H26N2O4S. The van der Waals surface area contributed by atoms with Gasteiger partial charge in [0.2, 0.25) is 0 Å². The number of hydrogen-bond donors (Lipinski definition) is 1. The molecule has 0 aromatic heterocycles. The molecule has 1 amide bonds. The van der Waals surface area contributed by atoms with Gasteiger partial charge in [-0.15, -0.1) is 0 Å². The second-order valence-corrected chi connectivity index (χ2v) is 10.7. The number of nitrogens with zero attached hydrogens (tertiary/aromatic N) is 1. The molecule has 6 nitrogen and oxygen atoms in total. The highest BCUT2D eigenvalue weighted by Gasteiger charge is 2.37. The minimum absolute atomic E-state index is 0.115. The van der Waals surface area contributed by atoms with Gasteiger partial charge in [-0.05, 0) is 66.1 Å². The quantitative estimate of drug-likeness (QED) is 0.443. The normalized spacial score (nSPS) is 15.4. The van der Waals surface area contributed by atoms with E-state index in [1.165, 1.54) is 4.31 Å². The lowest BCUT2D eigenvalue weighted by molar-refractivity contribution is -0.127. The predicted molar refractivity (Wildman–Crippen MR) is 137 cm³/mol. The summed E-state index contributed by atoms with van der Waals surface area (Å²) in [6.45, 7) is 4.00. The van der Waals surface area contributed by atoms with Crippen LogP contribution in [0.25, 0.3) is 10.8 Å². The molecule has 5 rings (SSSR count). The lowest BCUT2D eigenvalue weighted by Crippen LogP contribution is -2.50. The Morgan fingerprint density at radius 2 is 1.63 bits per heavy atom. The number of amides is 1. The van der Waals surface area contributed by atoms with Crippen molar-refractivity contribution in [3.05, 3.63) is 102 Å². The van der Waals surface area contributed by atoms with E-state index < -0.39 is 16.1 Å². The summed E-state index contributed by atoms with van der Waals surface area (Å²) in [5.41, 5.74) is 3.25. The van der Waals surface area contributed by atoms with Crippen molar-refractivity contribution in [3.8, 4) is 5.75 Å². The van der Waals surface area contributed by atoms with Crippen molar-refractivity contribution in [1.29, 1.82) is 0 Å². The molecule has 7 heteroatoms. The van der Waals surface area contributed by atoms with Crippen molar-refractivity contribution in [3.63, 3.8) is 0 Å². The SMILES string of the molecule is Cc1ccc(S(=O)(=O)N2C[C@@H](C(=O)NCc3ccc4ccccc4c3)Oc3cc(C)ccc32)cc1. The van der Waals surface area contributed by atoms with Crippen molar-refractivity contribution in [2.45, 2.75) is 31.4 Å². The number of aryl methyl sites for hydroxylation is 2. The molecule has 0 unspecified atom stereocenters. The molecule has 0 radical (unpaired) electrons. The van der Waals surface area contributed by atoms with Crippen LogP contribution < -0.4 is 14.4 Å². The summed E-state index contributed by atoms with van der Waals surface area (Å²) >= 11 is 0. The van der Waals surface area contributed by atoms with Crippen molar-refractivity contribution in [1.82, 2.24) is 5.32 Å². The van der Waals surface area contributed by atoms with Gasteiger partial charge in [-0.3, -0.25) is 9.10 Å². The Morgan fingerprint density at radius 3 is 2.40 bits per heavy atom. The zero-order chi connectivity index (χ0) is 24.6. The molecule has 178 valence electrons. The Bertz CT molecular complexity index is 1510. The number of fused-ring (bicyclic) bond motifs is 2. The number of rotatable bonds is 5. The van der Waals surface area contributed by atoms with Crippen LogP contribution in [-0.4, -0.2) is 27.0 Å². The van der Waals surface area contributed by atoms with Crippen molar-refractivity contribution in [2.75, 3.05) is 10.8 Å². The average Bonchev–Trinajstić information content (AvgIpc) is 2.86. The maximum absolute atomic E-state index is 13.6. The van der Waals surface area contributed by atoms with Crippen LogP contribution in [0.3, 0.4) is 0 Å². The molecule has 0 spiro atoms. The Balaban J connectivity index is 1.40. The first-order chi connectivity index (χ1) is 16.8. The second-order valence-electron chi connectivity index (χ2n) is 8.83. The lowest BCUT2D eigenvalue weighted by atomic mass is 10.1. The number of ether oxygens (including phenoxy) is 1. The summed E-state index contributed by atoms with van der Waals surface area (Å²) in [5, 5.41) is 5.13. The molecular weight excluding hydrogens is 460 g/mol. The van der Waals surface area contributed by atoms with Gasteiger partial charge in [0, 0.05) is 6.54 Å². The van der Waals surface area contributed by atoms with E-state index in [1.807, 2.05) is 62.4 Å². The van der Waals surface area contributed by atoms with Crippen molar-refractivity contribution in [2.24, 2.45) is 0 Å². The monoisotopic (exact) mass is 486 g/mol. The summed E-state index contributed by atoms with van der Waals surface area (Å²) in [5.74, 6) is 0.00668. The molecule has 1 N–H and O–H groups in total. The van der Waals surface area contributed by atoms with Crippen LogP contribution in [0.15, 0.2) is 89.8 Å². The number of hydrogen-bond acceptors (Lipinski definition) is 4. The molecule has 0 saturated heterocycles. The van der Waals surface area contributed by atoms with E-state index >= 15 is 0 Å². The fourth-order valence-electron chi connectivity index (χ4n) is 4.21. The molecule has 4 aromatic carbocycles. The van der Waals surface area contributed by atoms with Crippen LogP contribution in [0.1, 0.15) is 16.7 Å². The van der Waals surface area contributed by atoms with Gasteiger partial charge < -0.3 is 10.1 Å². The third-order valence-electron chi connectivity index (χ3n) is 6.17. The molecule has 0 bridgehead atoms. The molecule has 1 atom stereocenters. The Labute approximate surface area is 205 Å². The van der Waals surface area contributed by atoms with Gasteiger partial charge in [0.15, 0.2) is 6.10 Å². The second kappa shape index (κ2) is 9.07. The van der Waals surface area contributed by atoms with E-state index in [9.17, 15) is 13.2 Å². The third-order valence-corrected chi connectivity index (χ3v) is 7.96. The minimum Gasteiger partial charge on any atom is -0.476 e. The number of nitrogens with one attached hydrogen (secondary N) is 1. The average molecular weight is 487 g/mol. The van der Waals surface area contributed by atoms with E-state index in [4.69, 9.17) is 4.74 Å². The number of carbonyl (C=O) groups excluding carboxylic acids is 1. The fourth-order valence-corrected chi connectivity index (χ4v) is 5.69. The van der Waals surface area contributed by atoms with Gasteiger partial charge in [0.05, 0.1) is 17.1 Å². The largest absolute Gasteiger partial charge is 0.476 e. The number of anilines is 1. The van der Waals surface area contributed by atoms with Crippen molar-refractivity contribution >= 4 is 32.4 Å². The molecule has 0 aliphatic carbocycles. The summed E-state index contributed by atoms with van der Waals surface area (Å²) in [7, 11) is -3.89. The smallest absolute Gasteiger partial charge is 0.264 e. The molecule has 0 saturated carbocycles. The Morgan fingerprint density at radius 1 is 0.914 bits per heavy atom. The van der Waals surface area contributed by atoms with Crippen LogP contribution in [0.5, 0.6) is 5.75 Å². The maximum atomic E-state index is 13.6. The van der Waals surface area contributed by atoms with Gasteiger partial charge in [0.25, 0.3) is 15.9 Å². The van der Waals surface area contributed by atoms with Gasteiger partial charge >= 0.3 is 0 Å². The van der Waals surface area contributed by atoms with Gasteiger partial charge in [-0.25, -0.2) is 8.42 Å². The number of sulfonamides is 1. The summed E-state index contributed by atoms with van der Waals surface area (Å²) in [4.78, 5) is 13.3. The Kier molecular flexibility index (Phi) is 5.94. The highest BCUT2D eigenvalue weighted by molar-refractivity contribution is 7.92. The maximum Gasteiger partial charge on any atom is 0.264 e. The molecule has 1 aliphatic heterocycles. The van der Waals surface area contributed by atoms with E-state index in [2.05, 4.69) is 5.32 Å². The fraction of sp³-hybridized carbons (Fsp3) is 0.179. The standard InChI is InChI=1S/C28H26N2O4S/c1-19-7-12-24(13-8-19)35(32,33)30-18-27(34-26-15-20(2)9-14-25(26)30)28(31)29-17-21-10-11-22-5-3-4-6-23(22)16-21/h3-16,27H,17-18H2,1-2H3,(H,29,31)/t27-/m0/s1. The zero-order valence-corrected chi connectivity index (χ0v) is 20.4. The van der Waals surface area contributed by atoms with Crippen LogP contribution in [0.2, 0.25) is 0 Å². The van der Waals surface area contributed by atoms with Crippen molar-refractivity contribution < 1.29 is 17.9 Å². The summed E-state index contributed by atoms with van der Waals surface area (Å²) < 4.78 is 34.4. The van der Waals surface area contributed by atoms with Gasteiger partial charge in [-0.1, -0.05) is 60.2 Å². The summed E-state index contributed by atoms with van der Waals surface area (Å²) in [6.07, 6.45) is -0.982. The zero-order valence-electron chi connectivity index (χ0n) is 19.6. The van der Waals surface area contributed by atoms with Crippen LogP contribution in [-0.2, 0) is 21.4 Å². The number of carbonyl (C=O) groups is 1. The number of benzene rings is 4. The first-order valence-corrected chi connectivity index (χ1v) is 12.9. The molecule has 0 fully saturated rings.